The maximum absolute atomic E-state index is 11.7. The molecule has 0 aliphatic heterocycles. The average Bonchev–Trinajstić information content (AvgIpc) is 2.21. The number of ketones is 2. The lowest BCUT2D eigenvalue weighted by Crippen LogP contribution is -2.22. The van der Waals surface area contributed by atoms with E-state index in [-0.39, 0.29) is 17.3 Å². The Morgan fingerprint density at radius 2 is 1.72 bits per heavy atom. The van der Waals surface area contributed by atoms with Crippen molar-refractivity contribution in [1.29, 1.82) is 0 Å². The minimum atomic E-state index is -4.92. The molecule has 0 radical (unpaired) electrons. The summed E-state index contributed by atoms with van der Waals surface area (Å²) in [4.78, 5) is 22.3. The predicted octanol–water partition coefficient (Wildman–Crippen LogP) is 1.18. The summed E-state index contributed by atoms with van der Waals surface area (Å²) in [6.07, 6.45) is 0.590. The molecule has 0 atom stereocenters. The Balaban J connectivity index is 0.00000162. The lowest BCUT2D eigenvalue weighted by molar-refractivity contribution is 0.0989. The van der Waals surface area contributed by atoms with Gasteiger partial charge in [0, 0.05) is 17.2 Å². The van der Waals surface area contributed by atoms with Crippen molar-refractivity contribution in [2.45, 2.75) is 6.92 Å². The first-order valence-electron chi connectivity index (χ1n) is 4.68. The molecule has 4 N–H and O–H groups in total. The molecule has 1 aromatic carbocycles. The normalized spacial score (nSPS) is 14.7. The fraction of sp³-hybridized carbons (Fsp3) is 0.0909. The van der Waals surface area contributed by atoms with Gasteiger partial charge in [0.2, 0.25) is 5.78 Å². The summed E-state index contributed by atoms with van der Waals surface area (Å²) in [7, 11) is -4.92. The van der Waals surface area contributed by atoms with Gasteiger partial charge in [0.25, 0.3) is 0 Å². The van der Waals surface area contributed by atoms with Crippen molar-refractivity contribution in [2.24, 2.45) is 0 Å². The fourth-order valence-corrected chi connectivity index (χ4v) is 2.23. The van der Waals surface area contributed by atoms with E-state index >= 15 is 0 Å². The molecule has 0 aromatic heterocycles. The summed E-state index contributed by atoms with van der Waals surface area (Å²) < 4.78 is 32.5. The molecule has 0 bridgehead atoms. The standard InChI is InChI=1S/C11H8O5S.H3N/c1-6-2-3-7-8(4-6)9(12)5-10(11(7)13)17(14,15)16;/h2-5H,1H3,(H,14,15,16);1H3. The average molecular weight is 269 g/mol. The van der Waals surface area contributed by atoms with Crippen molar-refractivity contribution in [3.63, 3.8) is 0 Å². The number of hydrogen-bond donors (Lipinski definition) is 1. The fourth-order valence-electron chi connectivity index (χ4n) is 1.64. The zero-order valence-electron chi connectivity index (χ0n) is 9.76. The summed E-state index contributed by atoms with van der Waals surface area (Å²) >= 11 is 0. The third-order valence-corrected chi connectivity index (χ3v) is 3.28. The van der Waals surface area contributed by atoms with Crippen LogP contribution in [0, 0.1) is 6.92 Å². The Morgan fingerprint density at radius 1 is 1.11 bits per heavy atom. The van der Waals surface area contributed by atoms with Crippen molar-refractivity contribution in [2.75, 3.05) is 0 Å². The molecule has 7 heteroatoms. The molecule has 6 nitrogen and oxygen atoms in total. The van der Waals surface area contributed by atoms with Gasteiger partial charge >= 0.3 is 0 Å². The lowest BCUT2D eigenvalue weighted by atomic mass is 9.93. The van der Waals surface area contributed by atoms with Gasteiger partial charge in [-0.3, -0.25) is 9.59 Å². The first-order valence-corrected chi connectivity index (χ1v) is 6.09. The minimum Gasteiger partial charge on any atom is -0.744 e. The number of rotatable bonds is 1. The number of hydrogen-bond acceptors (Lipinski definition) is 5. The largest absolute Gasteiger partial charge is 0.744 e. The molecule has 1 aromatic rings. The van der Waals surface area contributed by atoms with E-state index in [1.54, 1.807) is 13.0 Å². The van der Waals surface area contributed by atoms with Gasteiger partial charge in [0.15, 0.2) is 5.78 Å². The van der Waals surface area contributed by atoms with Gasteiger partial charge in [-0.25, -0.2) is 8.42 Å². The number of aryl methyl sites for hydroxylation is 1. The Labute approximate surface area is 104 Å². The maximum Gasteiger partial charge on any atom is 0.204 e. The van der Waals surface area contributed by atoms with Crippen LogP contribution >= 0.6 is 0 Å². The van der Waals surface area contributed by atoms with E-state index in [4.69, 9.17) is 0 Å². The SMILES string of the molecule is Cc1ccc2c(c1)C(=O)C=C(S(=O)(=O)[O-])C2=O.[NH4+]. The molecule has 2 rings (SSSR count). The number of carbonyl (C=O) groups is 2. The van der Waals surface area contributed by atoms with E-state index in [9.17, 15) is 22.6 Å². The van der Waals surface area contributed by atoms with Crippen LogP contribution in [0.4, 0.5) is 0 Å². The second-order valence-electron chi connectivity index (χ2n) is 3.71. The monoisotopic (exact) mass is 269 g/mol. The summed E-state index contributed by atoms with van der Waals surface area (Å²) in [5.74, 6) is -1.56. The van der Waals surface area contributed by atoms with Gasteiger partial charge in [-0.1, -0.05) is 17.7 Å². The number of carbonyl (C=O) groups excluding carboxylic acids is 2. The van der Waals surface area contributed by atoms with Crippen LogP contribution in [0.2, 0.25) is 0 Å². The highest BCUT2D eigenvalue weighted by atomic mass is 32.2. The van der Waals surface area contributed by atoms with Gasteiger partial charge in [-0.15, -0.1) is 0 Å². The van der Waals surface area contributed by atoms with Gasteiger partial charge in [-0.2, -0.15) is 0 Å². The van der Waals surface area contributed by atoms with Crippen molar-refractivity contribution in [3.05, 3.63) is 45.9 Å². The first kappa shape index (κ1) is 14.2. The van der Waals surface area contributed by atoms with Crippen LogP contribution in [0.1, 0.15) is 26.3 Å². The Kier molecular flexibility index (Phi) is 3.52. The molecule has 1 aliphatic rings. The summed E-state index contributed by atoms with van der Waals surface area (Å²) in [6.45, 7) is 1.74. The van der Waals surface area contributed by atoms with E-state index in [2.05, 4.69) is 0 Å². The molecular weight excluding hydrogens is 258 g/mol. The number of benzene rings is 1. The third-order valence-electron chi connectivity index (χ3n) is 2.44. The van der Waals surface area contributed by atoms with Crippen molar-refractivity contribution in [3.8, 4) is 0 Å². The number of fused-ring (bicyclic) bond motifs is 1. The smallest absolute Gasteiger partial charge is 0.204 e. The van der Waals surface area contributed by atoms with E-state index in [0.29, 0.717) is 6.08 Å². The molecule has 0 saturated heterocycles. The van der Waals surface area contributed by atoms with Crippen LogP contribution in [0.5, 0.6) is 0 Å². The van der Waals surface area contributed by atoms with Crippen molar-refractivity contribution >= 4 is 21.7 Å². The summed E-state index contributed by atoms with van der Waals surface area (Å²) in [6, 6.07) is 4.41. The summed E-state index contributed by atoms with van der Waals surface area (Å²) in [5.41, 5.74) is 0.853. The van der Waals surface area contributed by atoms with E-state index < -0.39 is 26.6 Å². The number of allylic oxidation sites excluding steroid dienone is 2. The molecule has 0 heterocycles. The molecule has 0 fully saturated rings. The maximum atomic E-state index is 11.7. The highest BCUT2D eigenvalue weighted by Gasteiger charge is 2.28. The predicted molar refractivity (Wildman–Crippen MR) is 63.6 cm³/mol. The van der Waals surface area contributed by atoms with E-state index in [1.165, 1.54) is 12.1 Å². The molecule has 96 valence electrons. The van der Waals surface area contributed by atoms with Gasteiger partial charge in [-0.05, 0) is 13.0 Å². The van der Waals surface area contributed by atoms with E-state index in [1.807, 2.05) is 0 Å². The number of Topliss-reactive ketones (excluding diaryl/α,β-unsaturated/α-hetero) is 1. The second-order valence-corrected chi connectivity index (χ2v) is 5.05. The molecule has 0 amide bonds. The van der Waals surface area contributed by atoms with Gasteiger partial charge < -0.3 is 10.7 Å². The molecule has 0 saturated carbocycles. The quantitative estimate of drug-likeness (QED) is 0.765. The zero-order chi connectivity index (χ0) is 12.8. The number of quaternary nitrogens is 1. The van der Waals surface area contributed by atoms with Gasteiger partial charge in [0.1, 0.15) is 15.0 Å². The van der Waals surface area contributed by atoms with Gasteiger partial charge in [0.05, 0.1) is 0 Å². The highest BCUT2D eigenvalue weighted by molar-refractivity contribution is 7.90. The molecular formula is C11H11NO5S. The zero-order valence-corrected chi connectivity index (χ0v) is 10.6. The van der Waals surface area contributed by atoms with Crippen LogP contribution in [-0.2, 0) is 10.1 Å². The Bertz CT molecular complexity index is 673. The highest BCUT2D eigenvalue weighted by Crippen LogP contribution is 2.24. The Morgan fingerprint density at radius 3 is 2.28 bits per heavy atom. The minimum absolute atomic E-state index is 0. The lowest BCUT2D eigenvalue weighted by Gasteiger charge is -2.17. The molecule has 0 unspecified atom stereocenters. The van der Waals surface area contributed by atoms with Crippen LogP contribution in [0.25, 0.3) is 0 Å². The van der Waals surface area contributed by atoms with Crippen LogP contribution < -0.4 is 6.15 Å². The molecule has 1 aliphatic carbocycles. The van der Waals surface area contributed by atoms with Crippen molar-refractivity contribution in [1.82, 2.24) is 6.15 Å². The van der Waals surface area contributed by atoms with Crippen LogP contribution in [0.3, 0.4) is 0 Å². The second kappa shape index (κ2) is 4.45. The third kappa shape index (κ3) is 2.23. The molecule has 18 heavy (non-hydrogen) atoms. The summed E-state index contributed by atoms with van der Waals surface area (Å²) in [5, 5.41) is 0. The van der Waals surface area contributed by atoms with Crippen molar-refractivity contribution < 1.29 is 22.6 Å². The van der Waals surface area contributed by atoms with Crippen LogP contribution in [0.15, 0.2) is 29.2 Å². The molecule has 0 spiro atoms. The Hall–Kier alpha value is -1.83. The van der Waals surface area contributed by atoms with Crippen LogP contribution in [-0.4, -0.2) is 24.5 Å². The van der Waals surface area contributed by atoms with E-state index in [0.717, 1.165) is 5.56 Å². The first-order chi connectivity index (χ1) is 7.80. The topological polar surface area (TPSA) is 128 Å².